The summed E-state index contributed by atoms with van der Waals surface area (Å²) >= 11 is 6.00. The van der Waals surface area contributed by atoms with E-state index in [2.05, 4.69) is 15.3 Å². The fourth-order valence-electron chi connectivity index (χ4n) is 1.88. The maximum absolute atomic E-state index is 6.00. The molecule has 1 heterocycles. The van der Waals surface area contributed by atoms with Crippen LogP contribution < -0.4 is 10.1 Å². The van der Waals surface area contributed by atoms with E-state index in [0.29, 0.717) is 18.4 Å². The first kappa shape index (κ1) is 14.6. The van der Waals surface area contributed by atoms with Crippen LogP contribution in [0.25, 0.3) is 0 Å². The van der Waals surface area contributed by atoms with Crippen molar-refractivity contribution >= 4 is 17.5 Å². The highest BCUT2D eigenvalue weighted by Crippen LogP contribution is 2.21. The molecular weight excluding hydrogens is 274 g/mol. The Hall–Kier alpha value is -1.81. The van der Waals surface area contributed by atoms with Gasteiger partial charge in [0.25, 0.3) is 0 Å². The van der Waals surface area contributed by atoms with Crippen molar-refractivity contribution in [3.05, 3.63) is 46.6 Å². The smallest absolute Gasteiger partial charge is 0.226 e. The number of aromatic nitrogens is 2. The van der Waals surface area contributed by atoms with Crippen LogP contribution >= 0.6 is 11.6 Å². The van der Waals surface area contributed by atoms with Crippen molar-refractivity contribution in [1.29, 1.82) is 0 Å². The lowest BCUT2D eigenvalue weighted by atomic mass is 10.1. The Kier molecular flexibility index (Phi) is 4.79. The van der Waals surface area contributed by atoms with Crippen molar-refractivity contribution in [3.8, 4) is 5.88 Å². The van der Waals surface area contributed by atoms with Gasteiger partial charge in [-0.05, 0) is 38.5 Å². The molecule has 2 rings (SSSR count). The Bertz CT molecular complexity index is 589. The van der Waals surface area contributed by atoms with Crippen LogP contribution in [0.5, 0.6) is 5.88 Å². The SMILES string of the molecule is CCOc1cc(C)nc(NC(C)c2cccc(Cl)c2)n1. The molecule has 106 valence electrons. The molecule has 0 aliphatic carbocycles. The minimum atomic E-state index is 0.0602. The van der Waals surface area contributed by atoms with Crippen LogP contribution in [0.1, 0.15) is 31.1 Å². The number of nitrogens with one attached hydrogen (secondary N) is 1. The van der Waals surface area contributed by atoms with E-state index in [0.717, 1.165) is 16.3 Å². The maximum Gasteiger partial charge on any atom is 0.226 e. The van der Waals surface area contributed by atoms with Crippen LogP contribution in [-0.4, -0.2) is 16.6 Å². The number of nitrogens with zero attached hydrogens (tertiary/aromatic N) is 2. The highest BCUT2D eigenvalue weighted by atomic mass is 35.5. The molecule has 0 bridgehead atoms. The highest BCUT2D eigenvalue weighted by Gasteiger charge is 2.09. The second-order valence-electron chi connectivity index (χ2n) is 4.53. The quantitative estimate of drug-likeness (QED) is 0.904. The number of halogens is 1. The van der Waals surface area contributed by atoms with Gasteiger partial charge in [0.15, 0.2) is 0 Å². The normalized spacial score (nSPS) is 12.0. The summed E-state index contributed by atoms with van der Waals surface area (Å²) in [7, 11) is 0. The molecule has 0 radical (unpaired) electrons. The monoisotopic (exact) mass is 291 g/mol. The molecule has 0 saturated heterocycles. The summed E-state index contributed by atoms with van der Waals surface area (Å²) in [5.74, 6) is 1.14. The van der Waals surface area contributed by atoms with E-state index in [1.54, 1.807) is 0 Å². The number of anilines is 1. The summed E-state index contributed by atoms with van der Waals surface area (Å²) in [6.45, 7) is 6.47. The number of aryl methyl sites for hydroxylation is 1. The molecule has 20 heavy (non-hydrogen) atoms. The van der Waals surface area contributed by atoms with Crippen LogP contribution in [0.4, 0.5) is 5.95 Å². The summed E-state index contributed by atoms with van der Waals surface area (Å²) < 4.78 is 5.42. The van der Waals surface area contributed by atoms with Gasteiger partial charge >= 0.3 is 0 Å². The molecule has 0 fully saturated rings. The molecule has 0 saturated carbocycles. The van der Waals surface area contributed by atoms with Gasteiger partial charge < -0.3 is 10.1 Å². The molecule has 1 aromatic carbocycles. The standard InChI is InChI=1S/C15H18ClN3O/c1-4-20-14-8-10(2)17-15(19-14)18-11(3)12-6-5-7-13(16)9-12/h5-9,11H,4H2,1-3H3,(H,17,18,19). The molecule has 1 unspecified atom stereocenters. The Balaban J connectivity index is 2.16. The third-order valence-corrected chi connectivity index (χ3v) is 3.05. The first-order chi connectivity index (χ1) is 9.58. The Morgan fingerprint density at radius 2 is 2.10 bits per heavy atom. The number of benzene rings is 1. The summed E-state index contributed by atoms with van der Waals surface area (Å²) in [5.41, 5.74) is 1.95. The molecule has 0 aliphatic rings. The molecule has 2 aromatic rings. The fourth-order valence-corrected chi connectivity index (χ4v) is 2.08. The zero-order chi connectivity index (χ0) is 14.5. The van der Waals surface area contributed by atoms with E-state index in [9.17, 15) is 0 Å². The van der Waals surface area contributed by atoms with Gasteiger partial charge in [-0.3, -0.25) is 0 Å². The molecule has 1 atom stereocenters. The molecule has 4 nitrogen and oxygen atoms in total. The number of rotatable bonds is 5. The molecule has 0 spiro atoms. The number of ether oxygens (including phenoxy) is 1. The van der Waals surface area contributed by atoms with Gasteiger partial charge in [-0.15, -0.1) is 0 Å². The zero-order valence-electron chi connectivity index (χ0n) is 11.9. The van der Waals surface area contributed by atoms with E-state index in [4.69, 9.17) is 16.3 Å². The summed E-state index contributed by atoms with van der Waals surface area (Å²) in [6.07, 6.45) is 0. The average molecular weight is 292 g/mol. The summed E-state index contributed by atoms with van der Waals surface area (Å²) in [4.78, 5) is 8.70. The number of hydrogen-bond acceptors (Lipinski definition) is 4. The third-order valence-electron chi connectivity index (χ3n) is 2.82. The molecule has 1 aromatic heterocycles. The van der Waals surface area contributed by atoms with Gasteiger partial charge in [0, 0.05) is 16.8 Å². The predicted molar refractivity (Wildman–Crippen MR) is 81.4 cm³/mol. The largest absolute Gasteiger partial charge is 0.478 e. The minimum absolute atomic E-state index is 0.0602. The Labute approximate surface area is 124 Å². The molecule has 5 heteroatoms. The average Bonchev–Trinajstić information content (AvgIpc) is 2.38. The van der Waals surface area contributed by atoms with E-state index in [1.807, 2.05) is 51.1 Å². The second kappa shape index (κ2) is 6.57. The van der Waals surface area contributed by atoms with Crippen molar-refractivity contribution in [3.63, 3.8) is 0 Å². The van der Waals surface area contributed by atoms with Gasteiger partial charge in [0.2, 0.25) is 11.8 Å². The molecule has 0 amide bonds. The van der Waals surface area contributed by atoms with Gasteiger partial charge in [-0.25, -0.2) is 4.98 Å². The van der Waals surface area contributed by atoms with Crippen molar-refractivity contribution in [2.75, 3.05) is 11.9 Å². The van der Waals surface area contributed by atoms with Crippen molar-refractivity contribution in [2.45, 2.75) is 26.8 Å². The predicted octanol–water partition coefficient (Wildman–Crippen LogP) is 4.01. The molecular formula is C15H18ClN3O. The lowest BCUT2D eigenvalue weighted by Gasteiger charge is -2.15. The topological polar surface area (TPSA) is 47.0 Å². The second-order valence-corrected chi connectivity index (χ2v) is 4.96. The molecule has 1 N–H and O–H groups in total. The lowest BCUT2D eigenvalue weighted by Crippen LogP contribution is -2.10. The fraction of sp³-hybridized carbons (Fsp3) is 0.333. The van der Waals surface area contributed by atoms with Gasteiger partial charge in [-0.2, -0.15) is 4.98 Å². The van der Waals surface area contributed by atoms with Crippen LogP contribution in [0.15, 0.2) is 30.3 Å². The van der Waals surface area contributed by atoms with Crippen LogP contribution in [-0.2, 0) is 0 Å². The zero-order valence-corrected chi connectivity index (χ0v) is 12.6. The van der Waals surface area contributed by atoms with Crippen molar-refractivity contribution in [1.82, 2.24) is 9.97 Å². The van der Waals surface area contributed by atoms with Crippen LogP contribution in [0.3, 0.4) is 0 Å². The van der Waals surface area contributed by atoms with Crippen molar-refractivity contribution in [2.24, 2.45) is 0 Å². The van der Waals surface area contributed by atoms with Crippen LogP contribution in [0.2, 0.25) is 5.02 Å². The van der Waals surface area contributed by atoms with E-state index >= 15 is 0 Å². The first-order valence-electron chi connectivity index (χ1n) is 6.59. The highest BCUT2D eigenvalue weighted by molar-refractivity contribution is 6.30. The van der Waals surface area contributed by atoms with E-state index in [-0.39, 0.29) is 6.04 Å². The summed E-state index contributed by atoms with van der Waals surface area (Å²) in [6, 6.07) is 9.61. The lowest BCUT2D eigenvalue weighted by molar-refractivity contribution is 0.326. The van der Waals surface area contributed by atoms with Gasteiger partial charge in [0.05, 0.1) is 12.6 Å². The number of hydrogen-bond donors (Lipinski definition) is 1. The van der Waals surface area contributed by atoms with Crippen molar-refractivity contribution < 1.29 is 4.74 Å². The van der Waals surface area contributed by atoms with E-state index in [1.165, 1.54) is 0 Å². The minimum Gasteiger partial charge on any atom is -0.478 e. The summed E-state index contributed by atoms with van der Waals surface area (Å²) in [5, 5.41) is 3.98. The van der Waals surface area contributed by atoms with E-state index < -0.39 is 0 Å². The maximum atomic E-state index is 6.00. The van der Waals surface area contributed by atoms with Gasteiger partial charge in [0.1, 0.15) is 0 Å². The Morgan fingerprint density at radius 3 is 2.80 bits per heavy atom. The molecule has 0 aliphatic heterocycles. The first-order valence-corrected chi connectivity index (χ1v) is 6.96. The van der Waals surface area contributed by atoms with Gasteiger partial charge in [-0.1, -0.05) is 23.7 Å². The van der Waals surface area contributed by atoms with Crippen LogP contribution in [0, 0.1) is 6.92 Å². The Morgan fingerprint density at radius 1 is 1.30 bits per heavy atom. The third kappa shape index (κ3) is 3.84.